The van der Waals surface area contributed by atoms with Gasteiger partial charge in [-0.3, -0.25) is 0 Å². The lowest BCUT2D eigenvalue weighted by Gasteiger charge is -2.24. The molecule has 2 aromatic rings. The highest BCUT2D eigenvalue weighted by Gasteiger charge is 2.19. The quantitative estimate of drug-likeness (QED) is 0.790. The van der Waals surface area contributed by atoms with Crippen LogP contribution in [0.1, 0.15) is 12.0 Å². The summed E-state index contributed by atoms with van der Waals surface area (Å²) in [5.74, 6) is 0.866. The van der Waals surface area contributed by atoms with E-state index < -0.39 is 0 Å². The number of nitrogens with zero attached hydrogens (tertiary/aromatic N) is 2. The Morgan fingerprint density at radius 2 is 2.00 bits per heavy atom. The molecule has 0 aliphatic carbocycles. The highest BCUT2D eigenvalue weighted by atomic mass is 35.5. The monoisotopic (exact) mass is 284 g/mol. The van der Waals surface area contributed by atoms with Crippen molar-refractivity contribution in [3.05, 3.63) is 53.1 Å². The first-order valence-electron chi connectivity index (χ1n) is 6.48. The van der Waals surface area contributed by atoms with Crippen molar-refractivity contribution in [2.45, 2.75) is 6.42 Å². The Morgan fingerprint density at radius 1 is 1.15 bits per heavy atom. The van der Waals surface area contributed by atoms with Crippen LogP contribution in [0.5, 0.6) is 5.75 Å². The van der Waals surface area contributed by atoms with Crippen molar-refractivity contribution in [3.63, 3.8) is 0 Å². The van der Waals surface area contributed by atoms with Gasteiger partial charge >= 0.3 is 0 Å². The maximum atomic E-state index is 8.92. The topological polar surface area (TPSA) is 36.3 Å². The van der Waals surface area contributed by atoms with Crippen molar-refractivity contribution >= 4 is 23.0 Å². The van der Waals surface area contributed by atoms with E-state index in [1.165, 1.54) is 0 Å². The Labute approximate surface area is 123 Å². The van der Waals surface area contributed by atoms with Crippen LogP contribution in [0.3, 0.4) is 0 Å². The Morgan fingerprint density at radius 3 is 2.80 bits per heavy atom. The second-order valence-electron chi connectivity index (χ2n) is 4.60. The second-order valence-corrected chi connectivity index (χ2v) is 5.01. The van der Waals surface area contributed by atoms with Crippen molar-refractivity contribution in [1.82, 2.24) is 0 Å². The lowest BCUT2D eigenvalue weighted by molar-refractivity contribution is 0.322. The zero-order valence-electron chi connectivity index (χ0n) is 10.8. The van der Waals surface area contributed by atoms with E-state index in [4.69, 9.17) is 21.6 Å². The molecule has 3 rings (SSSR count). The van der Waals surface area contributed by atoms with E-state index >= 15 is 0 Å². The normalized spacial score (nSPS) is 13.9. The molecule has 1 aliphatic rings. The third kappa shape index (κ3) is 2.31. The van der Waals surface area contributed by atoms with Crippen molar-refractivity contribution in [2.75, 3.05) is 18.1 Å². The summed E-state index contributed by atoms with van der Waals surface area (Å²) in [6, 6.07) is 15.4. The summed E-state index contributed by atoms with van der Waals surface area (Å²) in [4.78, 5) is 2.14. The lowest BCUT2D eigenvalue weighted by atomic mass is 10.1. The Hall–Kier alpha value is -2.18. The van der Waals surface area contributed by atoms with Crippen LogP contribution in [0.4, 0.5) is 11.4 Å². The number of halogens is 1. The second kappa shape index (κ2) is 5.44. The van der Waals surface area contributed by atoms with Gasteiger partial charge in [-0.1, -0.05) is 23.7 Å². The van der Waals surface area contributed by atoms with Crippen LogP contribution >= 0.6 is 11.6 Å². The number of nitriles is 1. The fraction of sp³-hybridized carbons (Fsp3) is 0.188. The summed E-state index contributed by atoms with van der Waals surface area (Å²) in [6.07, 6.45) is 0.922. The first-order valence-corrected chi connectivity index (χ1v) is 6.86. The molecule has 0 amide bonds. The standard InChI is InChI=1S/C16H13ClN2O/c17-13-10-12(11-18)6-7-14(13)19-8-3-9-20-16-5-2-1-4-15(16)19/h1-2,4-7,10H,3,8-9H2. The molecule has 1 heterocycles. The fourth-order valence-corrected chi connectivity index (χ4v) is 2.66. The summed E-state index contributed by atoms with van der Waals surface area (Å²) < 4.78 is 5.75. The molecule has 0 aromatic heterocycles. The van der Waals surface area contributed by atoms with Crippen LogP contribution in [0.15, 0.2) is 42.5 Å². The van der Waals surface area contributed by atoms with Gasteiger partial charge in [0.1, 0.15) is 5.75 Å². The molecule has 3 nitrogen and oxygen atoms in total. The van der Waals surface area contributed by atoms with Gasteiger partial charge in [0, 0.05) is 6.54 Å². The van der Waals surface area contributed by atoms with Crippen LogP contribution in [0.25, 0.3) is 0 Å². The molecule has 0 spiro atoms. The number of anilines is 2. The minimum Gasteiger partial charge on any atom is -0.491 e. The molecule has 4 heteroatoms. The molecule has 0 saturated heterocycles. The summed E-state index contributed by atoms with van der Waals surface area (Å²) in [7, 11) is 0. The maximum Gasteiger partial charge on any atom is 0.142 e. The summed E-state index contributed by atoms with van der Waals surface area (Å²) >= 11 is 6.33. The SMILES string of the molecule is N#Cc1ccc(N2CCCOc3ccccc32)c(Cl)c1. The summed E-state index contributed by atoms with van der Waals surface area (Å²) in [5, 5.41) is 9.51. The molecule has 0 saturated carbocycles. The number of hydrogen-bond acceptors (Lipinski definition) is 3. The van der Waals surface area contributed by atoms with E-state index in [1.807, 2.05) is 30.3 Å². The van der Waals surface area contributed by atoms with E-state index in [0.29, 0.717) is 17.2 Å². The molecule has 2 aromatic carbocycles. The molecule has 1 aliphatic heterocycles. The van der Waals surface area contributed by atoms with E-state index in [9.17, 15) is 0 Å². The largest absolute Gasteiger partial charge is 0.491 e. The average Bonchev–Trinajstić information content (AvgIpc) is 2.69. The average molecular weight is 285 g/mol. The number of para-hydroxylation sites is 2. The van der Waals surface area contributed by atoms with Crippen LogP contribution in [0.2, 0.25) is 5.02 Å². The summed E-state index contributed by atoms with van der Waals surface area (Å²) in [6.45, 7) is 1.53. The first-order chi connectivity index (χ1) is 9.79. The smallest absolute Gasteiger partial charge is 0.142 e. The molecule has 100 valence electrons. The third-order valence-corrected chi connectivity index (χ3v) is 3.61. The maximum absolute atomic E-state index is 8.92. The molecule has 0 atom stereocenters. The molecule has 0 fully saturated rings. The molecular weight excluding hydrogens is 272 g/mol. The number of benzene rings is 2. The van der Waals surface area contributed by atoms with Crippen LogP contribution in [-0.4, -0.2) is 13.2 Å². The molecule has 0 unspecified atom stereocenters. The minimum atomic E-state index is 0.568. The number of rotatable bonds is 1. The van der Waals surface area contributed by atoms with Gasteiger partial charge in [0.15, 0.2) is 0 Å². The Balaban J connectivity index is 2.08. The highest BCUT2D eigenvalue weighted by molar-refractivity contribution is 6.33. The van der Waals surface area contributed by atoms with Gasteiger partial charge in [0.05, 0.1) is 34.6 Å². The molecule has 20 heavy (non-hydrogen) atoms. The number of fused-ring (bicyclic) bond motifs is 1. The number of ether oxygens (including phenoxy) is 1. The molecule has 0 bridgehead atoms. The Kier molecular flexibility index (Phi) is 3.49. The van der Waals surface area contributed by atoms with E-state index in [0.717, 1.165) is 30.1 Å². The first kappa shape index (κ1) is 12.8. The zero-order valence-corrected chi connectivity index (χ0v) is 11.6. The zero-order chi connectivity index (χ0) is 13.9. The predicted molar refractivity (Wildman–Crippen MR) is 79.7 cm³/mol. The van der Waals surface area contributed by atoms with E-state index in [1.54, 1.807) is 12.1 Å². The predicted octanol–water partition coefficient (Wildman–Crippen LogP) is 4.13. The van der Waals surface area contributed by atoms with E-state index in [-0.39, 0.29) is 0 Å². The van der Waals surface area contributed by atoms with Gasteiger partial charge in [0.2, 0.25) is 0 Å². The van der Waals surface area contributed by atoms with Crippen molar-refractivity contribution in [2.24, 2.45) is 0 Å². The van der Waals surface area contributed by atoms with Crippen LogP contribution < -0.4 is 9.64 Å². The van der Waals surface area contributed by atoms with Crippen LogP contribution in [0, 0.1) is 11.3 Å². The number of hydrogen-bond donors (Lipinski definition) is 0. The van der Waals surface area contributed by atoms with Gasteiger partial charge in [-0.2, -0.15) is 5.26 Å². The highest BCUT2D eigenvalue weighted by Crippen LogP contribution is 2.38. The molecule has 0 radical (unpaired) electrons. The summed E-state index contributed by atoms with van der Waals surface area (Å²) in [5.41, 5.74) is 2.48. The lowest BCUT2D eigenvalue weighted by Crippen LogP contribution is -2.18. The molecule has 0 N–H and O–H groups in total. The Bertz CT molecular complexity index is 678. The van der Waals surface area contributed by atoms with Gasteiger partial charge in [-0.15, -0.1) is 0 Å². The minimum absolute atomic E-state index is 0.568. The van der Waals surface area contributed by atoms with Crippen molar-refractivity contribution < 1.29 is 4.74 Å². The van der Waals surface area contributed by atoms with Gasteiger partial charge in [0.25, 0.3) is 0 Å². The van der Waals surface area contributed by atoms with E-state index in [2.05, 4.69) is 11.0 Å². The van der Waals surface area contributed by atoms with Gasteiger partial charge < -0.3 is 9.64 Å². The van der Waals surface area contributed by atoms with Gasteiger partial charge in [-0.25, -0.2) is 0 Å². The molecular formula is C16H13ClN2O. The fourth-order valence-electron chi connectivity index (χ4n) is 2.37. The van der Waals surface area contributed by atoms with Gasteiger partial charge in [-0.05, 0) is 36.8 Å². The van der Waals surface area contributed by atoms with Crippen molar-refractivity contribution in [1.29, 1.82) is 5.26 Å². The third-order valence-electron chi connectivity index (χ3n) is 3.31. The van der Waals surface area contributed by atoms with Crippen molar-refractivity contribution in [3.8, 4) is 11.8 Å². The van der Waals surface area contributed by atoms with Crippen LogP contribution in [-0.2, 0) is 0 Å².